The van der Waals surface area contributed by atoms with Gasteiger partial charge < -0.3 is 14.7 Å². The summed E-state index contributed by atoms with van der Waals surface area (Å²) >= 11 is 3.12. The molecule has 1 unspecified atom stereocenters. The number of anilines is 1. The van der Waals surface area contributed by atoms with Crippen LogP contribution in [-0.4, -0.2) is 45.5 Å². The highest BCUT2D eigenvalue weighted by atomic mass is 79.9. The van der Waals surface area contributed by atoms with E-state index in [1.54, 1.807) is 16.9 Å². The first kappa shape index (κ1) is 17.4. The Kier molecular flexibility index (Phi) is 4.73. The third-order valence-corrected chi connectivity index (χ3v) is 4.59. The molecule has 25 heavy (non-hydrogen) atoms. The van der Waals surface area contributed by atoms with Crippen LogP contribution in [0.4, 0.5) is 11.4 Å². The maximum Gasteiger partial charge on any atom is 0.342 e. The standard InChI is InChI=1S/C15H15BrN4O5/c1-18-7-9(6-17-18)13-8-19(2-3-25-13)10-4-11(15(21)22)14(20(23)24)12(16)5-10/h4-7,13H,2-3,8H2,1H3,(H,21,22). The van der Waals surface area contributed by atoms with Gasteiger partial charge in [-0.15, -0.1) is 0 Å². The molecule has 1 N–H and O–H groups in total. The van der Waals surface area contributed by atoms with E-state index in [-0.39, 0.29) is 16.1 Å². The molecule has 3 rings (SSSR count). The molecule has 132 valence electrons. The number of aromatic nitrogens is 2. The van der Waals surface area contributed by atoms with Crippen molar-refractivity contribution in [3.63, 3.8) is 0 Å². The monoisotopic (exact) mass is 410 g/mol. The van der Waals surface area contributed by atoms with E-state index < -0.39 is 16.6 Å². The molecule has 1 aromatic heterocycles. The second kappa shape index (κ2) is 6.81. The van der Waals surface area contributed by atoms with Gasteiger partial charge in [0, 0.05) is 37.6 Å². The molecule has 1 aliphatic rings. The Morgan fingerprint density at radius 2 is 2.28 bits per heavy atom. The average Bonchev–Trinajstić information content (AvgIpc) is 3.00. The van der Waals surface area contributed by atoms with E-state index in [2.05, 4.69) is 21.0 Å². The number of benzene rings is 1. The number of carbonyl (C=O) groups is 1. The predicted octanol–water partition coefficient (Wildman–Crippen LogP) is 2.37. The number of hydrogen-bond donors (Lipinski definition) is 1. The molecule has 1 saturated heterocycles. The number of nitrogens with zero attached hydrogens (tertiary/aromatic N) is 4. The van der Waals surface area contributed by atoms with Crippen molar-refractivity contribution in [2.24, 2.45) is 7.05 Å². The molecule has 1 aliphatic heterocycles. The Bertz CT molecular complexity index is 837. The summed E-state index contributed by atoms with van der Waals surface area (Å²) in [5.41, 5.74) is 0.714. The summed E-state index contributed by atoms with van der Waals surface area (Å²) in [6.45, 7) is 1.51. The summed E-state index contributed by atoms with van der Waals surface area (Å²) in [4.78, 5) is 23.8. The van der Waals surface area contributed by atoms with Gasteiger partial charge in [0.05, 0.1) is 22.2 Å². The van der Waals surface area contributed by atoms with Crippen LogP contribution in [0.5, 0.6) is 0 Å². The summed E-state index contributed by atoms with van der Waals surface area (Å²) in [5, 5.41) is 24.6. The van der Waals surface area contributed by atoms with Gasteiger partial charge in [0.25, 0.3) is 5.69 Å². The van der Waals surface area contributed by atoms with Crippen LogP contribution in [0.15, 0.2) is 29.0 Å². The van der Waals surface area contributed by atoms with Crippen LogP contribution in [0.1, 0.15) is 22.0 Å². The second-order valence-electron chi connectivity index (χ2n) is 5.64. The normalized spacial score (nSPS) is 17.5. The average molecular weight is 411 g/mol. The zero-order valence-corrected chi connectivity index (χ0v) is 14.8. The first-order valence-corrected chi connectivity index (χ1v) is 8.22. The Labute approximate surface area is 151 Å². The van der Waals surface area contributed by atoms with Crippen LogP contribution in [-0.2, 0) is 11.8 Å². The highest BCUT2D eigenvalue weighted by Gasteiger charge is 2.28. The van der Waals surface area contributed by atoms with Gasteiger partial charge in [0.2, 0.25) is 0 Å². The van der Waals surface area contributed by atoms with Crippen molar-refractivity contribution in [3.05, 3.63) is 50.2 Å². The lowest BCUT2D eigenvalue weighted by atomic mass is 10.1. The lowest BCUT2D eigenvalue weighted by Gasteiger charge is -2.34. The molecule has 2 heterocycles. The number of aryl methyl sites for hydroxylation is 1. The zero-order chi connectivity index (χ0) is 18.1. The van der Waals surface area contributed by atoms with Crippen molar-refractivity contribution in [2.45, 2.75) is 6.10 Å². The summed E-state index contributed by atoms with van der Waals surface area (Å²) < 4.78 is 7.59. The van der Waals surface area contributed by atoms with E-state index in [0.717, 1.165) is 5.56 Å². The fourth-order valence-electron chi connectivity index (χ4n) is 2.81. The highest BCUT2D eigenvalue weighted by Crippen LogP contribution is 2.35. The molecule has 1 fully saturated rings. The Balaban J connectivity index is 1.93. The van der Waals surface area contributed by atoms with E-state index in [1.165, 1.54) is 6.07 Å². The molecule has 0 saturated carbocycles. The van der Waals surface area contributed by atoms with E-state index in [9.17, 15) is 20.0 Å². The van der Waals surface area contributed by atoms with Gasteiger partial charge >= 0.3 is 5.97 Å². The molecule has 0 aliphatic carbocycles. The SMILES string of the molecule is Cn1cc(C2CN(c3cc(Br)c([N+](=O)[O-])c(C(=O)O)c3)CCO2)cn1. The van der Waals surface area contributed by atoms with Crippen molar-refractivity contribution in [1.29, 1.82) is 0 Å². The van der Waals surface area contributed by atoms with Crippen LogP contribution in [0.2, 0.25) is 0 Å². The van der Waals surface area contributed by atoms with E-state index in [4.69, 9.17) is 4.74 Å². The summed E-state index contributed by atoms with van der Waals surface area (Å²) in [5.74, 6) is -1.34. The fourth-order valence-corrected chi connectivity index (χ4v) is 3.40. The van der Waals surface area contributed by atoms with Crippen LogP contribution in [0, 0.1) is 10.1 Å². The van der Waals surface area contributed by atoms with Gasteiger partial charge in [-0.2, -0.15) is 5.10 Å². The minimum absolute atomic E-state index is 0.136. The third-order valence-electron chi connectivity index (χ3n) is 3.99. The molecule has 0 radical (unpaired) electrons. The molecule has 10 heteroatoms. The molecule has 0 spiro atoms. The third kappa shape index (κ3) is 3.49. The van der Waals surface area contributed by atoms with Gasteiger partial charge in [-0.25, -0.2) is 4.79 Å². The number of ether oxygens (including phenoxy) is 1. The summed E-state index contributed by atoms with van der Waals surface area (Å²) in [7, 11) is 1.82. The van der Waals surface area contributed by atoms with Gasteiger partial charge in [-0.1, -0.05) is 0 Å². The number of rotatable bonds is 4. The number of nitro groups is 1. The Hall–Kier alpha value is -2.46. The molecular weight excluding hydrogens is 396 g/mol. The lowest BCUT2D eigenvalue weighted by molar-refractivity contribution is -0.386. The van der Waals surface area contributed by atoms with Crippen LogP contribution in [0.3, 0.4) is 0 Å². The number of aromatic carboxylic acids is 1. The Morgan fingerprint density at radius 3 is 2.88 bits per heavy atom. The minimum atomic E-state index is -1.34. The van der Waals surface area contributed by atoms with Gasteiger partial charge in [0.1, 0.15) is 11.7 Å². The van der Waals surface area contributed by atoms with Crippen LogP contribution < -0.4 is 4.90 Å². The number of halogens is 1. The van der Waals surface area contributed by atoms with Crippen molar-refractivity contribution in [2.75, 3.05) is 24.6 Å². The van der Waals surface area contributed by atoms with Crippen molar-refractivity contribution >= 4 is 33.3 Å². The lowest BCUT2D eigenvalue weighted by Crippen LogP contribution is -2.38. The number of carboxylic acids is 1. The topological polar surface area (TPSA) is 111 Å². The quantitative estimate of drug-likeness (QED) is 0.608. The van der Waals surface area contributed by atoms with Gasteiger partial charge in [0.15, 0.2) is 0 Å². The van der Waals surface area contributed by atoms with Crippen molar-refractivity contribution in [1.82, 2.24) is 9.78 Å². The molecule has 1 atom stereocenters. The molecule has 1 aromatic carbocycles. The number of carboxylic acid groups (broad SMARTS) is 1. The van der Waals surface area contributed by atoms with Crippen molar-refractivity contribution < 1.29 is 19.6 Å². The molecule has 0 amide bonds. The smallest absolute Gasteiger partial charge is 0.342 e. The molecule has 2 aromatic rings. The minimum Gasteiger partial charge on any atom is -0.477 e. The summed E-state index contributed by atoms with van der Waals surface area (Å²) in [6.07, 6.45) is 3.38. The highest BCUT2D eigenvalue weighted by molar-refractivity contribution is 9.10. The maximum absolute atomic E-state index is 11.4. The number of hydrogen-bond acceptors (Lipinski definition) is 6. The van der Waals surface area contributed by atoms with Crippen LogP contribution >= 0.6 is 15.9 Å². The fraction of sp³-hybridized carbons (Fsp3) is 0.333. The molecule has 9 nitrogen and oxygen atoms in total. The predicted molar refractivity (Wildman–Crippen MR) is 91.9 cm³/mol. The number of nitro benzene ring substituents is 1. The second-order valence-corrected chi connectivity index (χ2v) is 6.49. The Morgan fingerprint density at radius 1 is 1.52 bits per heavy atom. The van der Waals surface area contributed by atoms with E-state index >= 15 is 0 Å². The van der Waals surface area contributed by atoms with E-state index in [1.807, 2.05) is 18.1 Å². The molecular formula is C15H15BrN4O5. The summed E-state index contributed by atoms with van der Waals surface area (Å²) in [6, 6.07) is 2.90. The van der Waals surface area contributed by atoms with Crippen molar-refractivity contribution in [3.8, 4) is 0 Å². The zero-order valence-electron chi connectivity index (χ0n) is 13.3. The molecule has 0 bridgehead atoms. The number of morpholine rings is 1. The van der Waals surface area contributed by atoms with Gasteiger partial charge in [-0.3, -0.25) is 14.8 Å². The largest absolute Gasteiger partial charge is 0.477 e. The first-order chi connectivity index (χ1) is 11.9. The first-order valence-electron chi connectivity index (χ1n) is 7.43. The van der Waals surface area contributed by atoms with E-state index in [0.29, 0.717) is 25.4 Å². The van der Waals surface area contributed by atoms with Crippen LogP contribution in [0.25, 0.3) is 0 Å². The van der Waals surface area contributed by atoms with Gasteiger partial charge in [-0.05, 0) is 28.1 Å². The maximum atomic E-state index is 11.4.